The Hall–Kier alpha value is -3.37. The van der Waals surface area contributed by atoms with Crippen molar-refractivity contribution in [2.45, 2.75) is 12.6 Å². The van der Waals surface area contributed by atoms with Crippen LogP contribution in [0.5, 0.6) is 0 Å². The van der Waals surface area contributed by atoms with Crippen LogP contribution in [0.3, 0.4) is 0 Å². The number of para-hydroxylation sites is 1. The summed E-state index contributed by atoms with van der Waals surface area (Å²) in [5.41, 5.74) is 1.14. The zero-order chi connectivity index (χ0) is 21.1. The van der Waals surface area contributed by atoms with Crippen LogP contribution in [0.1, 0.15) is 12.2 Å². The van der Waals surface area contributed by atoms with Crippen LogP contribution in [0.4, 0.5) is 24.7 Å². The van der Waals surface area contributed by atoms with Gasteiger partial charge in [0.2, 0.25) is 5.91 Å². The minimum absolute atomic E-state index is 0.000221. The number of amides is 1. The van der Waals surface area contributed by atoms with Gasteiger partial charge in [0.05, 0.1) is 0 Å². The van der Waals surface area contributed by atoms with E-state index in [1.165, 1.54) is 12.1 Å². The Balaban J connectivity index is 1.29. The maximum Gasteiger partial charge on any atom is 0.453 e. The number of piperazine rings is 1. The number of benzene rings is 1. The van der Waals surface area contributed by atoms with Crippen LogP contribution in [0.25, 0.3) is 5.65 Å². The fourth-order valence-corrected chi connectivity index (χ4v) is 3.37. The van der Waals surface area contributed by atoms with Gasteiger partial charge < -0.3 is 15.1 Å². The first-order valence-corrected chi connectivity index (χ1v) is 9.53. The Morgan fingerprint density at radius 2 is 1.73 bits per heavy atom. The Bertz CT molecular complexity index is 1010. The number of hydrogen-bond donors (Lipinski definition) is 1. The molecule has 0 bridgehead atoms. The highest BCUT2D eigenvalue weighted by Gasteiger charge is 2.37. The van der Waals surface area contributed by atoms with Crippen molar-refractivity contribution in [2.24, 2.45) is 0 Å². The minimum atomic E-state index is -4.65. The highest BCUT2D eigenvalue weighted by atomic mass is 19.4. The van der Waals surface area contributed by atoms with Gasteiger partial charge in [0, 0.05) is 44.8 Å². The molecule has 3 aromatic rings. The van der Waals surface area contributed by atoms with Crippen LogP contribution in [-0.4, -0.2) is 63.3 Å². The van der Waals surface area contributed by atoms with Crippen LogP contribution in [0, 0.1) is 0 Å². The minimum Gasteiger partial charge on any atom is -0.368 e. The summed E-state index contributed by atoms with van der Waals surface area (Å²) in [4.78, 5) is 16.5. The van der Waals surface area contributed by atoms with Gasteiger partial charge in [0.15, 0.2) is 5.65 Å². The maximum atomic E-state index is 12.9. The normalized spacial score (nSPS) is 14.9. The van der Waals surface area contributed by atoms with E-state index >= 15 is 0 Å². The van der Waals surface area contributed by atoms with E-state index in [0.29, 0.717) is 17.6 Å². The standard InChI is InChI=1S/C19H20F3N7O/c20-19(21,22)18-25-24-16-7-6-15(26-29(16)18)23-9-8-17(30)28-12-10-27(11-13-28)14-4-2-1-3-5-14/h1-7H,8-13H2,(H,23,26). The van der Waals surface area contributed by atoms with E-state index < -0.39 is 12.0 Å². The summed E-state index contributed by atoms with van der Waals surface area (Å²) in [7, 11) is 0. The number of alkyl halides is 3. The van der Waals surface area contributed by atoms with Crippen LogP contribution in [0.15, 0.2) is 42.5 Å². The Morgan fingerprint density at radius 1 is 1.00 bits per heavy atom. The van der Waals surface area contributed by atoms with Gasteiger partial charge in [0.25, 0.3) is 5.82 Å². The largest absolute Gasteiger partial charge is 0.453 e. The van der Waals surface area contributed by atoms with Gasteiger partial charge in [-0.15, -0.1) is 15.3 Å². The molecule has 1 fully saturated rings. The summed E-state index contributed by atoms with van der Waals surface area (Å²) in [5.74, 6) is -0.973. The van der Waals surface area contributed by atoms with E-state index in [-0.39, 0.29) is 30.3 Å². The van der Waals surface area contributed by atoms with Gasteiger partial charge in [0.1, 0.15) is 5.82 Å². The maximum absolute atomic E-state index is 12.9. The lowest BCUT2D eigenvalue weighted by Crippen LogP contribution is -2.49. The molecule has 0 unspecified atom stereocenters. The second kappa shape index (κ2) is 8.17. The van der Waals surface area contributed by atoms with Crippen molar-refractivity contribution < 1.29 is 18.0 Å². The number of anilines is 2. The number of nitrogens with zero attached hydrogens (tertiary/aromatic N) is 6. The fourth-order valence-electron chi connectivity index (χ4n) is 3.37. The zero-order valence-corrected chi connectivity index (χ0v) is 16.0. The van der Waals surface area contributed by atoms with Crippen molar-refractivity contribution in [2.75, 3.05) is 42.9 Å². The SMILES string of the molecule is O=C(CCNc1ccc2nnc(C(F)(F)F)n2n1)N1CCN(c2ccccc2)CC1. The topological polar surface area (TPSA) is 78.7 Å². The number of rotatable bonds is 5. The summed E-state index contributed by atoms with van der Waals surface area (Å²) < 4.78 is 39.5. The van der Waals surface area contributed by atoms with Crippen LogP contribution in [-0.2, 0) is 11.0 Å². The summed E-state index contributed by atoms with van der Waals surface area (Å²) in [6, 6.07) is 12.9. The molecular formula is C19H20F3N7O. The van der Waals surface area contributed by atoms with Crippen LogP contribution < -0.4 is 10.2 Å². The van der Waals surface area contributed by atoms with Crippen molar-refractivity contribution in [1.82, 2.24) is 24.7 Å². The smallest absolute Gasteiger partial charge is 0.368 e. The number of hydrogen-bond acceptors (Lipinski definition) is 6. The molecule has 0 radical (unpaired) electrons. The average Bonchev–Trinajstić information content (AvgIpc) is 3.18. The van der Waals surface area contributed by atoms with Crippen LogP contribution in [0.2, 0.25) is 0 Å². The Morgan fingerprint density at radius 3 is 2.43 bits per heavy atom. The molecule has 8 nitrogen and oxygen atoms in total. The molecule has 30 heavy (non-hydrogen) atoms. The highest BCUT2D eigenvalue weighted by Crippen LogP contribution is 2.27. The molecule has 11 heteroatoms. The number of carbonyl (C=O) groups is 1. The first-order valence-electron chi connectivity index (χ1n) is 9.53. The van der Waals surface area contributed by atoms with Gasteiger partial charge in [-0.3, -0.25) is 4.79 Å². The highest BCUT2D eigenvalue weighted by molar-refractivity contribution is 5.77. The van der Waals surface area contributed by atoms with Crippen molar-refractivity contribution in [3.63, 3.8) is 0 Å². The number of carbonyl (C=O) groups excluding carboxylic acids is 1. The zero-order valence-electron chi connectivity index (χ0n) is 16.0. The van der Waals surface area contributed by atoms with E-state index in [9.17, 15) is 18.0 Å². The van der Waals surface area contributed by atoms with E-state index in [1.807, 2.05) is 30.3 Å². The molecule has 158 valence electrons. The first-order chi connectivity index (χ1) is 14.4. The first kappa shape index (κ1) is 19.9. The lowest BCUT2D eigenvalue weighted by Gasteiger charge is -2.36. The van der Waals surface area contributed by atoms with Crippen molar-refractivity contribution >= 4 is 23.1 Å². The van der Waals surface area contributed by atoms with Gasteiger partial charge in [-0.05, 0) is 24.3 Å². The summed E-state index contributed by atoms with van der Waals surface area (Å²) in [6.07, 6.45) is -4.43. The number of nitrogens with one attached hydrogen (secondary N) is 1. The van der Waals surface area contributed by atoms with Gasteiger partial charge in [-0.1, -0.05) is 18.2 Å². The van der Waals surface area contributed by atoms with E-state index in [4.69, 9.17) is 0 Å². The predicted molar refractivity (Wildman–Crippen MR) is 104 cm³/mol. The monoisotopic (exact) mass is 419 g/mol. The van der Waals surface area contributed by atoms with Gasteiger partial charge >= 0.3 is 6.18 Å². The second-order valence-corrected chi connectivity index (χ2v) is 6.89. The third-order valence-electron chi connectivity index (χ3n) is 4.92. The third-order valence-corrected chi connectivity index (χ3v) is 4.92. The number of fused-ring (bicyclic) bond motifs is 1. The molecule has 0 spiro atoms. The van der Waals surface area contributed by atoms with E-state index in [0.717, 1.165) is 18.8 Å². The lowest BCUT2D eigenvalue weighted by molar-refractivity contribution is -0.146. The molecule has 2 aromatic heterocycles. The van der Waals surface area contributed by atoms with Gasteiger partial charge in [-0.25, -0.2) is 0 Å². The van der Waals surface area contributed by atoms with Gasteiger partial charge in [-0.2, -0.15) is 17.7 Å². The molecule has 0 aliphatic carbocycles. The average molecular weight is 419 g/mol. The molecule has 4 rings (SSSR count). The molecule has 1 N–H and O–H groups in total. The van der Waals surface area contributed by atoms with Crippen LogP contribution >= 0.6 is 0 Å². The lowest BCUT2D eigenvalue weighted by atomic mass is 10.2. The number of aromatic nitrogens is 4. The Kier molecular flexibility index (Phi) is 5.42. The van der Waals surface area contributed by atoms with E-state index in [2.05, 4.69) is 25.5 Å². The summed E-state index contributed by atoms with van der Waals surface area (Å²) in [6.45, 7) is 3.05. The summed E-state index contributed by atoms with van der Waals surface area (Å²) >= 11 is 0. The summed E-state index contributed by atoms with van der Waals surface area (Å²) in [5, 5.41) is 13.4. The molecule has 0 saturated carbocycles. The Labute approximate surface area is 170 Å². The molecule has 1 amide bonds. The molecule has 3 heterocycles. The predicted octanol–water partition coefficient (Wildman–Crippen LogP) is 2.29. The molecule has 1 aliphatic rings. The quantitative estimate of drug-likeness (QED) is 0.684. The van der Waals surface area contributed by atoms with E-state index in [1.54, 1.807) is 4.90 Å². The van der Waals surface area contributed by atoms with Crippen molar-refractivity contribution in [1.29, 1.82) is 0 Å². The molecule has 1 aromatic carbocycles. The number of halogens is 3. The molecule has 0 atom stereocenters. The molecular weight excluding hydrogens is 399 g/mol. The molecule has 1 aliphatic heterocycles. The van der Waals surface area contributed by atoms with Crippen molar-refractivity contribution in [3.8, 4) is 0 Å². The second-order valence-electron chi connectivity index (χ2n) is 6.89. The third kappa shape index (κ3) is 4.29. The fraction of sp³-hybridized carbons (Fsp3) is 0.368. The molecule has 1 saturated heterocycles. The van der Waals surface area contributed by atoms with Crippen molar-refractivity contribution in [3.05, 3.63) is 48.3 Å².